The van der Waals surface area contributed by atoms with Gasteiger partial charge in [0, 0.05) is 20.8 Å². The molecule has 0 aliphatic heterocycles. The maximum Gasteiger partial charge on any atom is 0.326 e. The van der Waals surface area contributed by atoms with Crippen LogP contribution < -0.4 is 10.6 Å². The van der Waals surface area contributed by atoms with Crippen molar-refractivity contribution in [3.63, 3.8) is 0 Å². The van der Waals surface area contributed by atoms with Crippen LogP contribution in [-0.2, 0) is 14.3 Å². The first kappa shape index (κ1) is 16.7. The summed E-state index contributed by atoms with van der Waals surface area (Å²) in [5.74, 6) is -1.24. The number of carboxylic acids is 1. The molecule has 0 saturated heterocycles. The summed E-state index contributed by atoms with van der Waals surface area (Å²) in [6.45, 7) is 4.05. The third kappa shape index (κ3) is 6.41. The van der Waals surface area contributed by atoms with Crippen LogP contribution in [0.2, 0.25) is 0 Å². The van der Waals surface area contributed by atoms with Gasteiger partial charge in [-0.05, 0) is 5.92 Å². The monoisotopic (exact) mass is 262 g/mol. The Morgan fingerprint density at radius 2 is 1.89 bits per heavy atom. The molecule has 7 heteroatoms. The van der Waals surface area contributed by atoms with Crippen molar-refractivity contribution in [1.82, 2.24) is 10.6 Å². The van der Waals surface area contributed by atoms with E-state index < -0.39 is 18.0 Å². The molecule has 0 aromatic rings. The molecular formula is C11H22N2O5. The minimum Gasteiger partial charge on any atom is -0.480 e. The van der Waals surface area contributed by atoms with Gasteiger partial charge < -0.3 is 25.2 Å². The molecule has 0 bridgehead atoms. The van der Waals surface area contributed by atoms with Crippen LogP contribution in [0.5, 0.6) is 0 Å². The Kier molecular flexibility index (Phi) is 8.06. The van der Waals surface area contributed by atoms with Crippen molar-refractivity contribution in [2.24, 2.45) is 5.92 Å². The molecule has 0 rings (SSSR count). The van der Waals surface area contributed by atoms with Crippen LogP contribution in [0.15, 0.2) is 0 Å². The number of urea groups is 1. The Hall–Kier alpha value is -1.34. The van der Waals surface area contributed by atoms with E-state index in [1.165, 1.54) is 14.2 Å². The number of aliphatic carboxylic acids is 1. The fourth-order valence-corrected chi connectivity index (χ4v) is 1.31. The van der Waals surface area contributed by atoms with E-state index in [-0.39, 0.29) is 18.6 Å². The lowest BCUT2D eigenvalue weighted by Crippen LogP contribution is -2.50. The highest BCUT2D eigenvalue weighted by molar-refractivity contribution is 5.82. The van der Waals surface area contributed by atoms with Crippen molar-refractivity contribution in [3.8, 4) is 0 Å². The number of hydrogen-bond acceptors (Lipinski definition) is 4. The number of amides is 2. The van der Waals surface area contributed by atoms with Gasteiger partial charge in [0.1, 0.15) is 6.04 Å². The number of rotatable bonds is 8. The van der Waals surface area contributed by atoms with E-state index >= 15 is 0 Å². The van der Waals surface area contributed by atoms with Crippen LogP contribution in [0, 0.1) is 5.92 Å². The lowest BCUT2D eigenvalue weighted by atomic mass is 10.1. The smallest absolute Gasteiger partial charge is 0.326 e. The second-order valence-corrected chi connectivity index (χ2v) is 4.23. The van der Waals surface area contributed by atoms with Crippen LogP contribution in [0.25, 0.3) is 0 Å². The first-order valence-corrected chi connectivity index (χ1v) is 5.71. The molecule has 0 saturated carbocycles. The summed E-state index contributed by atoms with van der Waals surface area (Å²) in [6, 6.07) is -1.44. The highest BCUT2D eigenvalue weighted by Gasteiger charge is 2.23. The van der Waals surface area contributed by atoms with Crippen LogP contribution in [-0.4, -0.2) is 56.6 Å². The fourth-order valence-electron chi connectivity index (χ4n) is 1.31. The predicted octanol–water partition coefficient (Wildman–Crippen LogP) is 0.0562. The zero-order chi connectivity index (χ0) is 14.1. The number of carbonyl (C=O) groups excluding carboxylic acids is 1. The number of hydrogen-bond donors (Lipinski definition) is 3. The lowest BCUT2D eigenvalue weighted by Gasteiger charge is -2.20. The number of nitrogens with one attached hydrogen (secondary N) is 2. The van der Waals surface area contributed by atoms with E-state index in [1.54, 1.807) is 13.8 Å². The van der Waals surface area contributed by atoms with Crippen molar-refractivity contribution in [1.29, 1.82) is 0 Å². The molecule has 0 aromatic carbocycles. The molecule has 7 nitrogen and oxygen atoms in total. The predicted molar refractivity (Wildman–Crippen MR) is 65.5 cm³/mol. The fraction of sp³-hybridized carbons (Fsp3) is 0.818. The van der Waals surface area contributed by atoms with Gasteiger partial charge in [-0.25, -0.2) is 9.59 Å². The van der Waals surface area contributed by atoms with Crippen molar-refractivity contribution in [3.05, 3.63) is 0 Å². The quantitative estimate of drug-likeness (QED) is 0.574. The summed E-state index contributed by atoms with van der Waals surface area (Å²) in [4.78, 5) is 22.4. The molecule has 18 heavy (non-hydrogen) atoms. The first-order valence-electron chi connectivity index (χ1n) is 5.71. The maximum absolute atomic E-state index is 11.5. The molecule has 0 aliphatic carbocycles. The van der Waals surface area contributed by atoms with E-state index in [2.05, 4.69) is 10.6 Å². The van der Waals surface area contributed by atoms with Gasteiger partial charge in [-0.15, -0.1) is 0 Å². The van der Waals surface area contributed by atoms with Gasteiger partial charge in [-0.3, -0.25) is 0 Å². The third-order valence-electron chi connectivity index (χ3n) is 2.40. The molecule has 0 aliphatic rings. The molecule has 3 N–H and O–H groups in total. The number of ether oxygens (including phenoxy) is 2. The molecule has 2 amide bonds. The summed E-state index contributed by atoms with van der Waals surface area (Å²) in [6.07, 6.45) is -0.261. The highest BCUT2D eigenvalue weighted by Crippen LogP contribution is 2.01. The molecule has 0 fully saturated rings. The second-order valence-electron chi connectivity index (χ2n) is 4.23. The highest BCUT2D eigenvalue weighted by atomic mass is 16.5. The minimum absolute atomic E-state index is 0.189. The average Bonchev–Trinajstić information content (AvgIpc) is 2.30. The zero-order valence-corrected chi connectivity index (χ0v) is 11.2. The molecule has 1 unspecified atom stereocenters. The molecule has 0 radical (unpaired) electrons. The number of methoxy groups -OCH3 is 2. The topological polar surface area (TPSA) is 96.9 Å². The van der Waals surface area contributed by atoms with Gasteiger partial charge >= 0.3 is 12.0 Å². The lowest BCUT2D eigenvalue weighted by molar-refractivity contribution is -0.140. The van der Waals surface area contributed by atoms with Gasteiger partial charge in [-0.2, -0.15) is 0 Å². The van der Waals surface area contributed by atoms with Crippen molar-refractivity contribution in [2.45, 2.75) is 26.0 Å². The zero-order valence-electron chi connectivity index (χ0n) is 11.2. The third-order valence-corrected chi connectivity index (χ3v) is 2.40. The second kappa shape index (κ2) is 8.71. The minimum atomic E-state index is -1.06. The summed E-state index contributed by atoms with van der Waals surface area (Å²) >= 11 is 0. The summed E-state index contributed by atoms with van der Waals surface area (Å²) in [5.41, 5.74) is 0. The molecular weight excluding hydrogens is 240 g/mol. The van der Waals surface area contributed by atoms with Crippen LogP contribution in [0.4, 0.5) is 4.79 Å². The van der Waals surface area contributed by atoms with E-state index in [9.17, 15) is 9.59 Å². The molecule has 2 atom stereocenters. The standard InChI is InChI=1S/C11H22N2O5/c1-7(2)9(10(14)15)13-11(16)12-5-8(18-4)6-17-3/h7-9H,5-6H2,1-4H3,(H,14,15)(H2,12,13,16)/t8?,9-/m0/s1. The number of carbonyl (C=O) groups is 2. The van der Waals surface area contributed by atoms with E-state index in [0.29, 0.717) is 6.61 Å². The van der Waals surface area contributed by atoms with E-state index in [4.69, 9.17) is 14.6 Å². The molecule has 0 spiro atoms. The Morgan fingerprint density at radius 3 is 2.28 bits per heavy atom. The van der Waals surface area contributed by atoms with Gasteiger partial charge in [-0.1, -0.05) is 13.8 Å². The Labute approximate surface area is 107 Å². The van der Waals surface area contributed by atoms with Gasteiger partial charge in [0.05, 0.1) is 12.7 Å². The SMILES string of the molecule is COCC(CNC(=O)N[C@H](C(=O)O)C(C)C)OC. The first-order chi connectivity index (χ1) is 8.42. The van der Waals surface area contributed by atoms with Gasteiger partial charge in [0.2, 0.25) is 0 Å². The summed E-state index contributed by atoms with van der Waals surface area (Å²) in [7, 11) is 3.04. The van der Waals surface area contributed by atoms with E-state index in [0.717, 1.165) is 0 Å². The summed E-state index contributed by atoms with van der Waals surface area (Å²) < 4.78 is 9.95. The van der Waals surface area contributed by atoms with Crippen molar-refractivity contribution < 1.29 is 24.2 Å². The van der Waals surface area contributed by atoms with E-state index in [1.807, 2.05) is 0 Å². The maximum atomic E-state index is 11.5. The van der Waals surface area contributed by atoms with Crippen molar-refractivity contribution >= 4 is 12.0 Å². The molecule has 0 aromatic heterocycles. The normalized spacial score (nSPS) is 14.1. The Balaban J connectivity index is 4.13. The molecule has 106 valence electrons. The Morgan fingerprint density at radius 1 is 1.28 bits per heavy atom. The summed E-state index contributed by atoms with van der Waals surface area (Å²) in [5, 5.41) is 13.8. The van der Waals surface area contributed by atoms with Crippen LogP contribution in [0.3, 0.4) is 0 Å². The van der Waals surface area contributed by atoms with Gasteiger partial charge in [0.25, 0.3) is 0 Å². The van der Waals surface area contributed by atoms with Crippen LogP contribution >= 0.6 is 0 Å². The number of carboxylic acid groups (broad SMARTS) is 1. The van der Waals surface area contributed by atoms with Crippen LogP contribution in [0.1, 0.15) is 13.8 Å². The van der Waals surface area contributed by atoms with Gasteiger partial charge in [0.15, 0.2) is 0 Å². The Bertz CT molecular complexity index is 270. The molecule has 0 heterocycles. The van der Waals surface area contributed by atoms with Crippen molar-refractivity contribution in [2.75, 3.05) is 27.4 Å². The average molecular weight is 262 g/mol. The largest absolute Gasteiger partial charge is 0.480 e.